The Bertz CT molecular complexity index is 1150. The molecule has 29 heavy (non-hydrogen) atoms. The molecule has 5 nitrogen and oxygen atoms in total. The highest BCUT2D eigenvalue weighted by Crippen LogP contribution is 2.54. The molecule has 0 aliphatic rings. The van der Waals surface area contributed by atoms with Crippen LogP contribution in [0.5, 0.6) is 11.5 Å². The fourth-order valence-electron chi connectivity index (χ4n) is 3.26. The summed E-state index contributed by atoms with van der Waals surface area (Å²) in [6.45, 7) is 0. The van der Waals surface area contributed by atoms with Gasteiger partial charge in [-0.05, 0) is 42.0 Å². The Hall–Kier alpha value is -1.67. The molecule has 152 valence electrons. The van der Waals surface area contributed by atoms with Crippen LogP contribution in [-0.4, -0.2) is 23.2 Å². The molecule has 0 heterocycles. The second-order valence-electron chi connectivity index (χ2n) is 6.08. The number of hydrogen-bond donors (Lipinski definition) is 3. The molecule has 3 N–H and O–H groups in total. The molecule has 0 aromatic heterocycles. The van der Waals surface area contributed by atoms with Crippen LogP contribution in [0.2, 0.25) is 20.1 Å². The highest BCUT2D eigenvalue weighted by atomic mass is 35.5. The zero-order valence-electron chi connectivity index (χ0n) is 14.3. The van der Waals surface area contributed by atoms with Crippen molar-refractivity contribution >= 4 is 56.5 Å². The summed E-state index contributed by atoms with van der Waals surface area (Å²) in [4.78, 5) is 0. The van der Waals surface area contributed by atoms with Gasteiger partial charge in [0.05, 0.1) is 10.0 Å². The third kappa shape index (κ3) is 3.65. The normalized spacial score (nSPS) is 13.8. The van der Waals surface area contributed by atoms with Crippen molar-refractivity contribution in [1.29, 1.82) is 0 Å². The van der Waals surface area contributed by atoms with Gasteiger partial charge in [-0.15, -0.1) is 0 Å². The molecule has 0 aliphatic heterocycles. The fourth-order valence-corrected chi connectivity index (χ4v) is 6.01. The van der Waals surface area contributed by atoms with E-state index in [4.69, 9.17) is 46.4 Å². The fraction of sp³-hybridized carbons (Fsp3) is 0.0526. The Morgan fingerprint density at radius 1 is 0.759 bits per heavy atom. The zero-order valence-corrected chi connectivity index (χ0v) is 18.1. The molecule has 1 atom stereocenters. The molecule has 0 aliphatic carbocycles. The average Bonchev–Trinajstić information content (AvgIpc) is 2.59. The van der Waals surface area contributed by atoms with Gasteiger partial charge in [0.2, 0.25) is 0 Å². The van der Waals surface area contributed by atoms with Crippen LogP contribution in [0.4, 0.5) is 0 Å². The van der Waals surface area contributed by atoms with E-state index in [9.17, 15) is 23.2 Å². The summed E-state index contributed by atoms with van der Waals surface area (Å²) in [5, 5.41) is 20.0. The van der Waals surface area contributed by atoms with E-state index in [1.54, 1.807) is 0 Å². The van der Waals surface area contributed by atoms with Gasteiger partial charge in [-0.25, -0.2) is 0 Å². The van der Waals surface area contributed by atoms with Crippen LogP contribution in [0.3, 0.4) is 0 Å². The summed E-state index contributed by atoms with van der Waals surface area (Å²) in [5.41, 5.74) is -0.699. The van der Waals surface area contributed by atoms with Gasteiger partial charge in [-0.3, -0.25) is 4.55 Å². The molecule has 10 heteroatoms. The van der Waals surface area contributed by atoms with Crippen LogP contribution in [-0.2, 0) is 14.9 Å². The molecule has 3 aromatic rings. The van der Waals surface area contributed by atoms with Crippen molar-refractivity contribution in [2.45, 2.75) is 4.75 Å². The van der Waals surface area contributed by atoms with Crippen LogP contribution in [0.25, 0.3) is 0 Å². The maximum atomic E-state index is 13.0. The minimum atomic E-state index is -5.14. The number of hydrogen-bond acceptors (Lipinski definition) is 4. The Kier molecular flexibility index (Phi) is 5.98. The number of rotatable bonds is 4. The minimum absolute atomic E-state index is 0.0395. The maximum Gasteiger partial charge on any atom is 0.283 e. The first kappa shape index (κ1) is 22.0. The van der Waals surface area contributed by atoms with Gasteiger partial charge in [0.1, 0.15) is 11.5 Å². The van der Waals surface area contributed by atoms with Gasteiger partial charge >= 0.3 is 0 Å². The summed E-state index contributed by atoms with van der Waals surface area (Å²) in [6, 6.07) is 11.5. The average molecular weight is 494 g/mol. The minimum Gasteiger partial charge on any atom is -0.508 e. The largest absolute Gasteiger partial charge is 0.508 e. The van der Waals surface area contributed by atoms with Crippen molar-refractivity contribution in [2.75, 3.05) is 0 Å². The van der Waals surface area contributed by atoms with Crippen LogP contribution in [0, 0.1) is 0 Å². The first-order chi connectivity index (χ1) is 13.5. The second kappa shape index (κ2) is 7.87. The first-order valence-corrected chi connectivity index (χ1v) is 10.8. The Morgan fingerprint density at radius 3 is 1.79 bits per heavy atom. The molecule has 0 amide bonds. The lowest BCUT2D eigenvalue weighted by Gasteiger charge is -2.34. The van der Waals surface area contributed by atoms with Crippen molar-refractivity contribution in [1.82, 2.24) is 0 Å². The molecule has 0 spiro atoms. The van der Waals surface area contributed by atoms with Crippen molar-refractivity contribution in [3.63, 3.8) is 0 Å². The topological polar surface area (TPSA) is 94.8 Å². The summed E-state index contributed by atoms with van der Waals surface area (Å²) in [7, 11) is -5.14. The van der Waals surface area contributed by atoms with Crippen molar-refractivity contribution in [3.05, 3.63) is 91.4 Å². The second-order valence-corrected chi connectivity index (χ2v) is 9.30. The Balaban J connectivity index is 2.66. The van der Waals surface area contributed by atoms with E-state index in [1.807, 2.05) is 0 Å². The van der Waals surface area contributed by atoms with Gasteiger partial charge < -0.3 is 10.2 Å². The van der Waals surface area contributed by atoms with Crippen LogP contribution >= 0.6 is 46.4 Å². The predicted molar refractivity (Wildman–Crippen MR) is 114 cm³/mol. The number of halogens is 4. The third-order valence-corrected chi connectivity index (χ3v) is 6.94. The van der Waals surface area contributed by atoms with Gasteiger partial charge in [-0.1, -0.05) is 64.6 Å². The van der Waals surface area contributed by atoms with Gasteiger partial charge in [-0.2, -0.15) is 8.42 Å². The molecule has 0 saturated carbocycles. The number of phenolic OH excluding ortho intramolecular Hbond substituents is 2. The van der Waals surface area contributed by atoms with Gasteiger partial charge in [0, 0.05) is 21.2 Å². The van der Waals surface area contributed by atoms with E-state index in [-0.39, 0.29) is 37.5 Å². The molecule has 0 fully saturated rings. The molecular weight excluding hydrogens is 482 g/mol. The first-order valence-electron chi connectivity index (χ1n) is 7.89. The monoisotopic (exact) mass is 492 g/mol. The molecule has 0 saturated heterocycles. The summed E-state index contributed by atoms with van der Waals surface area (Å²) in [6.07, 6.45) is 0. The third-order valence-electron chi connectivity index (χ3n) is 4.36. The molecule has 1 unspecified atom stereocenters. The van der Waals surface area contributed by atoms with Crippen LogP contribution in [0.1, 0.15) is 16.7 Å². The van der Waals surface area contributed by atoms with E-state index < -0.39 is 20.6 Å². The van der Waals surface area contributed by atoms with Crippen LogP contribution in [0.15, 0.2) is 54.6 Å². The van der Waals surface area contributed by atoms with Crippen molar-refractivity contribution in [2.24, 2.45) is 0 Å². The molecule has 3 rings (SSSR count). The summed E-state index contributed by atoms with van der Waals surface area (Å²) < 4.78 is 34.0. The maximum absolute atomic E-state index is 13.0. The number of aromatic hydroxyl groups is 2. The Labute approximate surface area is 186 Å². The quantitative estimate of drug-likeness (QED) is 0.311. The van der Waals surface area contributed by atoms with Crippen LogP contribution < -0.4 is 0 Å². The van der Waals surface area contributed by atoms with Gasteiger partial charge in [0.25, 0.3) is 10.1 Å². The lowest BCUT2D eigenvalue weighted by molar-refractivity contribution is 0.440. The standard InChI is InChI=1S/C19H12Cl4O5S/c20-11-6-4-10(5-7-11)19(29(26,27)28,18-13(21)2-1-3-16(18)25)17-14(22)8-12(24)9-15(17)23/h1-9,24-25H,(H,26,27,28). The zero-order chi connectivity index (χ0) is 21.6. The SMILES string of the molecule is O=S(=O)(O)C(c1ccc(Cl)cc1)(c1c(O)cccc1Cl)c1c(Cl)cc(O)cc1Cl. The van der Waals surface area contributed by atoms with E-state index in [0.29, 0.717) is 5.02 Å². The van der Waals surface area contributed by atoms with E-state index in [0.717, 1.165) is 12.1 Å². The van der Waals surface area contributed by atoms with E-state index in [2.05, 4.69) is 0 Å². The van der Waals surface area contributed by atoms with E-state index in [1.165, 1.54) is 42.5 Å². The lowest BCUT2D eigenvalue weighted by Crippen LogP contribution is -2.39. The predicted octanol–water partition coefficient (Wildman–Crippen LogP) is 5.89. The summed E-state index contributed by atoms with van der Waals surface area (Å²) >= 11 is 24.8. The smallest absolute Gasteiger partial charge is 0.283 e. The van der Waals surface area contributed by atoms with Crippen molar-refractivity contribution in [3.8, 4) is 11.5 Å². The summed E-state index contributed by atoms with van der Waals surface area (Å²) in [5.74, 6) is -0.849. The molecular formula is C19H12Cl4O5S. The van der Waals surface area contributed by atoms with E-state index >= 15 is 0 Å². The molecule has 0 radical (unpaired) electrons. The molecule has 0 bridgehead atoms. The lowest BCUT2D eigenvalue weighted by atomic mass is 9.83. The van der Waals surface area contributed by atoms with Gasteiger partial charge in [0.15, 0.2) is 4.75 Å². The number of phenols is 2. The molecule has 3 aromatic carbocycles. The van der Waals surface area contributed by atoms with Crippen molar-refractivity contribution < 1.29 is 23.2 Å². The highest BCUT2D eigenvalue weighted by molar-refractivity contribution is 7.87. The highest BCUT2D eigenvalue weighted by Gasteiger charge is 2.53. The Morgan fingerprint density at radius 2 is 1.31 bits per heavy atom. The number of benzene rings is 3.